The van der Waals surface area contributed by atoms with Crippen molar-refractivity contribution in [1.29, 1.82) is 0 Å². The van der Waals surface area contributed by atoms with E-state index in [0.717, 1.165) is 0 Å². The summed E-state index contributed by atoms with van der Waals surface area (Å²) in [4.78, 5) is 0. The van der Waals surface area contributed by atoms with Gasteiger partial charge in [-0.2, -0.15) is 0 Å². The van der Waals surface area contributed by atoms with Crippen LogP contribution in [0.4, 0.5) is 0 Å². The summed E-state index contributed by atoms with van der Waals surface area (Å²) < 4.78 is 0. The molecule has 1 unspecified atom stereocenters. The van der Waals surface area contributed by atoms with E-state index < -0.39 is 0 Å². The normalized spacial score (nSPS) is 29.3. The van der Waals surface area contributed by atoms with E-state index in [4.69, 9.17) is 0 Å². The third-order valence-corrected chi connectivity index (χ3v) is 2.07. The molecule has 0 heteroatoms. The molecular formula is C10H16. The molecule has 10 heavy (non-hydrogen) atoms. The van der Waals surface area contributed by atoms with E-state index in [1.165, 1.54) is 18.4 Å². The van der Waals surface area contributed by atoms with Crippen LogP contribution in [0.2, 0.25) is 0 Å². The molecule has 0 aliphatic heterocycles. The van der Waals surface area contributed by atoms with Gasteiger partial charge in [-0.15, -0.1) is 0 Å². The van der Waals surface area contributed by atoms with Gasteiger partial charge in [-0.05, 0) is 25.7 Å². The lowest BCUT2D eigenvalue weighted by Gasteiger charge is -2.01. The molecule has 0 aromatic heterocycles. The predicted octanol–water partition coefficient (Wildman–Crippen LogP) is 3.31. The number of rotatable bonds is 1. The van der Waals surface area contributed by atoms with Gasteiger partial charge in [0.2, 0.25) is 0 Å². The summed E-state index contributed by atoms with van der Waals surface area (Å²) in [7, 11) is 0. The maximum atomic E-state index is 2.36. The second kappa shape index (κ2) is 3.05. The summed E-state index contributed by atoms with van der Waals surface area (Å²) in [6.45, 7) is 6.69. The van der Waals surface area contributed by atoms with Crippen LogP contribution in [0.15, 0.2) is 23.3 Å². The quantitative estimate of drug-likeness (QED) is 0.485. The van der Waals surface area contributed by atoms with E-state index >= 15 is 0 Å². The zero-order chi connectivity index (χ0) is 7.56. The maximum Gasteiger partial charge on any atom is -0.00458 e. The Bertz CT molecular complexity index is 172. The van der Waals surface area contributed by atoms with Gasteiger partial charge in [0.25, 0.3) is 0 Å². The lowest BCUT2D eigenvalue weighted by molar-refractivity contribution is 0.865. The molecule has 0 saturated carbocycles. The summed E-state index contributed by atoms with van der Waals surface area (Å²) in [6.07, 6.45) is 7.12. The van der Waals surface area contributed by atoms with Gasteiger partial charge < -0.3 is 0 Å². The van der Waals surface area contributed by atoms with Gasteiger partial charge in [0.15, 0.2) is 0 Å². The molecule has 1 aliphatic carbocycles. The van der Waals surface area contributed by atoms with Crippen LogP contribution in [0.5, 0.6) is 0 Å². The molecule has 0 aromatic carbocycles. The summed E-state index contributed by atoms with van der Waals surface area (Å²) in [5.74, 6) is 0.708. The van der Waals surface area contributed by atoms with E-state index in [1.54, 1.807) is 5.57 Å². The molecule has 0 N–H and O–H groups in total. The summed E-state index contributed by atoms with van der Waals surface area (Å²) in [5, 5.41) is 0. The van der Waals surface area contributed by atoms with Crippen molar-refractivity contribution in [2.45, 2.75) is 33.6 Å². The molecule has 56 valence electrons. The molecule has 1 rings (SSSR count). The maximum absolute atomic E-state index is 2.36. The topological polar surface area (TPSA) is 0 Å². The van der Waals surface area contributed by atoms with Crippen LogP contribution in [0, 0.1) is 5.92 Å². The Balaban J connectivity index is 2.63. The summed E-state index contributed by atoms with van der Waals surface area (Å²) >= 11 is 0. The SMILES string of the molecule is CCC=C1CC(C)=CC1C. The van der Waals surface area contributed by atoms with Gasteiger partial charge in [0.1, 0.15) is 0 Å². The highest BCUT2D eigenvalue weighted by molar-refractivity contribution is 5.27. The zero-order valence-electron chi connectivity index (χ0n) is 7.15. The van der Waals surface area contributed by atoms with Crippen molar-refractivity contribution in [2.24, 2.45) is 5.92 Å². The van der Waals surface area contributed by atoms with Gasteiger partial charge in [-0.25, -0.2) is 0 Å². The third-order valence-electron chi connectivity index (χ3n) is 2.07. The molecule has 0 amide bonds. The van der Waals surface area contributed by atoms with Gasteiger partial charge in [-0.1, -0.05) is 37.1 Å². The summed E-state index contributed by atoms with van der Waals surface area (Å²) in [5.41, 5.74) is 3.15. The van der Waals surface area contributed by atoms with Crippen molar-refractivity contribution in [3.05, 3.63) is 23.3 Å². The Labute approximate surface area is 63.6 Å². The lowest BCUT2D eigenvalue weighted by atomic mass is 10.0. The van der Waals surface area contributed by atoms with Crippen molar-refractivity contribution in [3.63, 3.8) is 0 Å². The van der Waals surface area contributed by atoms with E-state index in [-0.39, 0.29) is 0 Å². The van der Waals surface area contributed by atoms with Crippen LogP contribution >= 0.6 is 0 Å². The van der Waals surface area contributed by atoms with Crippen LogP contribution in [0.1, 0.15) is 33.6 Å². The van der Waals surface area contributed by atoms with Crippen LogP contribution in [0.25, 0.3) is 0 Å². The minimum atomic E-state index is 0.708. The first-order chi connectivity index (χ1) is 4.74. The fourth-order valence-electron chi connectivity index (χ4n) is 1.60. The molecule has 0 aromatic rings. The van der Waals surface area contributed by atoms with Crippen molar-refractivity contribution in [2.75, 3.05) is 0 Å². The Kier molecular flexibility index (Phi) is 2.31. The van der Waals surface area contributed by atoms with Crippen LogP contribution < -0.4 is 0 Å². The predicted molar refractivity (Wildman–Crippen MR) is 45.9 cm³/mol. The Morgan fingerprint density at radius 2 is 2.40 bits per heavy atom. The largest absolute Gasteiger partial charge is 0.0847 e. The molecule has 0 bridgehead atoms. The number of allylic oxidation sites excluding steroid dienone is 4. The Hall–Kier alpha value is -0.520. The average Bonchev–Trinajstić information content (AvgIpc) is 2.13. The highest BCUT2D eigenvalue weighted by atomic mass is 14.2. The lowest BCUT2D eigenvalue weighted by Crippen LogP contribution is -1.87. The standard InChI is InChI=1S/C10H16/c1-4-5-10-7-8(2)6-9(10)3/h5-6,9H,4,7H2,1-3H3. The number of hydrogen-bond acceptors (Lipinski definition) is 0. The highest BCUT2D eigenvalue weighted by Gasteiger charge is 2.12. The molecule has 0 fully saturated rings. The summed E-state index contributed by atoms with van der Waals surface area (Å²) in [6, 6.07) is 0. The van der Waals surface area contributed by atoms with E-state index in [2.05, 4.69) is 32.9 Å². The average molecular weight is 136 g/mol. The molecule has 0 nitrogen and oxygen atoms in total. The van der Waals surface area contributed by atoms with Crippen LogP contribution in [-0.2, 0) is 0 Å². The molecule has 1 atom stereocenters. The fourth-order valence-corrected chi connectivity index (χ4v) is 1.60. The first-order valence-corrected chi connectivity index (χ1v) is 4.10. The first-order valence-electron chi connectivity index (χ1n) is 4.10. The van der Waals surface area contributed by atoms with E-state index in [1.807, 2.05) is 0 Å². The van der Waals surface area contributed by atoms with Gasteiger partial charge >= 0.3 is 0 Å². The van der Waals surface area contributed by atoms with Crippen LogP contribution in [0.3, 0.4) is 0 Å². The monoisotopic (exact) mass is 136 g/mol. The third kappa shape index (κ3) is 1.50. The first kappa shape index (κ1) is 7.59. The van der Waals surface area contributed by atoms with Crippen molar-refractivity contribution in [3.8, 4) is 0 Å². The minimum Gasteiger partial charge on any atom is -0.0847 e. The van der Waals surface area contributed by atoms with Gasteiger partial charge in [0.05, 0.1) is 0 Å². The van der Waals surface area contributed by atoms with Crippen LogP contribution in [-0.4, -0.2) is 0 Å². The van der Waals surface area contributed by atoms with E-state index in [9.17, 15) is 0 Å². The molecular weight excluding hydrogens is 120 g/mol. The number of hydrogen-bond donors (Lipinski definition) is 0. The second-order valence-corrected chi connectivity index (χ2v) is 3.17. The highest BCUT2D eigenvalue weighted by Crippen LogP contribution is 2.29. The molecule has 0 saturated heterocycles. The van der Waals surface area contributed by atoms with E-state index in [0.29, 0.717) is 5.92 Å². The fraction of sp³-hybridized carbons (Fsp3) is 0.600. The second-order valence-electron chi connectivity index (χ2n) is 3.17. The minimum absolute atomic E-state index is 0.708. The molecule has 0 spiro atoms. The van der Waals surface area contributed by atoms with Crippen molar-refractivity contribution in [1.82, 2.24) is 0 Å². The molecule has 1 aliphatic rings. The van der Waals surface area contributed by atoms with Gasteiger partial charge in [-0.3, -0.25) is 0 Å². The Morgan fingerprint density at radius 3 is 2.80 bits per heavy atom. The van der Waals surface area contributed by atoms with Crippen molar-refractivity contribution >= 4 is 0 Å². The van der Waals surface area contributed by atoms with Crippen molar-refractivity contribution < 1.29 is 0 Å². The zero-order valence-corrected chi connectivity index (χ0v) is 7.15. The van der Waals surface area contributed by atoms with Gasteiger partial charge in [0, 0.05) is 0 Å². The molecule has 0 radical (unpaired) electrons. The Morgan fingerprint density at radius 1 is 1.70 bits per heavy atom. The molecule has 0 heterocycles. The smallest absolute Gasteiger partial charge is 0.00458 e.